The van der Waals surface area contributed by atoms with Crippen molar-refractivity contribution in [3.05, 3.63) is 21.7 Å². The first-order valence-corrected chi connectivity index (χ1v) is 6.08. The van der Waals surface area contributed by atoms with E-state index >= 15 is 0 Å². The van der Waals surface area contributed by atoms with Crippen LogP contribution >= 0.6 is 27.3 Å². The maximum atomic E-state index is 11.3. The molecule has 16 heavy (non-hydrogen) atoms. The fourth-order valence-electron chi connectivity index (χ4n) is 1.03. The van der Waals surface area contributed by atoms with Gasteiger partial charge in [0.2, 0.25) is 0 Å². The second-order valence-electron chi connectivity index (χ2n) is 2.75. The van der Waals surface area contributed by atoms with Crippen LogP contribution in [0, 0.1) is 0 Å². The molecule has 0 fully saturated rings. The Balaban J connectivity index is 2.22. The van der Waals surface area contributed by atoms with Gasteiger partial charge in [-0.2, -0.15) is 4.98 Å². The first-order chi connectivity index (χ1) is 7.70. The van der Waals surface area contributed by atoms with Crippen LogP contribution in [0.3, 0.4) is 0 Å². The summed E-state index contributed by atoms with van der Waals surface area (Å²) in [7, 11) is 0. The van der Waals surface area contributed by atoms with Gasteiger partial charge in [0.1, 0.15) is 0 Å². The van der Waals surface area contributed by atoms with E-state index in [-0.39, 0.29) is 12.4 Å². The molecule has 0 spiro atoms. The molecule has 0 radical (unpaired) electrons. The van der Waals surface area contributed by atoms with E-state index in [1.807, 2.05) is 12.1 Å². The number of aromatic nitrogens is 2. The Kier molecular flexibility index (Phi) is 3.35. The molecule has 7 heteroatoms. The molecule has 0 aromatic carbocycles. The highest BCUT2D eigenvalue weighted by atomic mass is 79.9. The van der Waals surface area contributed by atoms with E-state index in [0.29, 0.717) is 5.89 Å². The lowest BCUT2D eigenvalue weighted by Crippen LogP contribution is -2.06. The third-order valence-corrected chi connectivity index (χ3v) is 3.28. The summed E-state index contributed by atoms with van der Waals surface area (Å²) in [5, 5.41) is 3.55. The lowest BCUT2D eigenvalue weighted by atomic mass is 10.5. The standard InChI is InChI=1S/C9H7BrN2O3S/c1-2-14-9(13)7-11-8(15-12-7)5-3-4-6(10)16-5/h3-4H,2H2,1H3. The topological polar surface area (TPSA) is 65.2 Å². The van der Waals surface area contributed by atoms with E-state index in [0.717, 1.165) is 8.66 Å². The number of carbonyl (C=O) groups is 1. The summed E-state index contributed by atoms with van der Waals surface area (Å²) in [6, 6.07) is 3.70. The van der Waals surface area contributed by atoms with Crippen molar-refractivity contribution in [2.75, 3.05) is 6.61 Å². The van der Waals surface area contributed by atoms with E-state index < -0.39 is 5.97 Å². The summed E-state index contributed by atoms with van der Waals surface area (Å²) < 4.78 is 10.7. The van der Waals surface area contributed by atoms with Gasteiger partial charge in [-0.05, 0) is 40.1 Å². The maximum Gasteiger partial charge on any atom is 0.379 e. The Hall–Kier alpha value is -1.21. The number of esters is 1. The highest BCUT2D eigenvalue weighted by Crippen LogP contribution is 2.29. The molecule has 0 aliphatic carbocycles. The van der Waals surface area contributed by atoms with Gasteiger partial charge in [-0.25, -0.2) is 4.79 Å². The fraction of sp³-hybridized carbons (Fsp3) is 0.222. The normalized spacial score (nSPS) is 10.4. The second-order valence-corrected chi connectivity index (χ2v) is 5.21. The Morgan fingerprint density at radius 3 is 3.06 bits per heavy atom. The van der Waals surface area contributed by atoms with Crippen LogP contribution in [0.4, 0.5) is 0 Å². The van der Waals surface area contributed by atoms with Crippen LogP contribution in [0.2, 0.25) is 0 Å². The molecule has 0 atom stereocenters. The quantitative estimate of drug-likeness (QED) is 0.816. The molecule has 2 rings (SSSR count). The van der Waals surface area contributed by atoms with Crippen molar-refractivity contribution in [1.82, 2.24) is 10.1 Å². The summed E-state index contributed by atoms with van der Waals surface area (Å²) in [6.07, 6.45) is 0. The Labute approximate surface area is 104 Å². The van der Waals surface area contributed by atoms with Crippen molar-refractivity contribution < 1.29 is 14.1 Å². The summed E-state index contributed by atoms with van der Waals surface area (Å²) in [6.45, 7) is 2.00. The zero-order valence-corrected chi connectivity index (χ0v) is 10.7. The molecular formula is C9H7BrN2O3S. The van der Waals surface area contributed by atoms with Crippen LogP contribution in [-0.4, -0.2) is 22.7 Å². The predicted molar refractivity (Wildman–Crippen MR) is 61.3 cm³/mol. The fourth-order valence-corrected chi connectivity index (χ4v) is 2.34. The minimum Gasteiger partial charge on any atom is -0.460 e. The number of nitrogens with zero attached hydrogens (tertiary/aromatic N) is 2. The summed E-state index contributed by atoms with van der Waals surface area (Å²) >= 11 is 4.77. The second kappa shape index (κ2) is 4.75. The van der Waals surface area contributed by atoms with Crippen molar-refractivity contribution in [2.24, 2.45) is 0 Å². The van der Waals surface area contributed by atoms with Crippen molar-refractivity contribution >= 4 is 33.2 Å². The molecule has 5 nitrogen and oxygen atoms in total. The van der Waals surface area contributed by atoms with Crippen LogP contribution in [0.5, 0.6) is 0 Å². The highest BCUT2D eigenvalue weighted by molar-refractivity contribution is 9.11. The minimum atomic E-state index is -0.576. The zero-order chi connectivity index (χ0) is 11.5. The number of thiophene rings is 1. The largest absolute Gasteiger partial charge is 0.460 e. The van der Waals surface area contributed by atoms with E-state index in [1.54, 1.807) is 6.92 Å². The summed E-state index contributed by atoms with van der Waals surface area (Å²) in [4.78, 5) is 16.0. The molecule has 0 aliphatic rings. The molecule has 0 N–H and O–H groups in total. The van der Waals surface area contributed by atoms with Gasteiger partial charge in [-0.3, -0.25) is 0 Å². The molecule has 84 valence electrons. The predicted octanol–water partition coefficient (Wildman–Crippen LogP) is 2.74. The van der Waals surface area contributed by atoms with Crippen LogP contribution in [0.1, 0.15) is 17.5 Å². The van der Waals surface area contributed by atoms with Gasteiger partial charge < -0.3 is 9.26 Å². The third kappa shape index (κ3) is 2.30. The van der Waals surface area contributed by atoms with Crippen molar-refractivity contribution in [1.29, 1.82) is 0 Å². The van der Waals surface area contributed by atoms with Crippen molar-refractivity contribution in [3.8, 4) is 10.8 Å². The summed E-state index contributed by atoms with van der Waals surface area (Å²) in [5.74, 6) is -0.312. The maximum absolute atomic E-state index is 11.3. The van der Waals surface area contributed by atoms with E-state index in [1.165, 1.54) is 11.3 Å². The Bertz CT molecular complexity index is 508. The first kappa shape index (κ1) is 11.3. The smallest absolute Gasteiger partial charge is 0.379 e. The summed E-state index contributed by atoms with van der Waals surface area (Å²) in [5.41, 5.74) is 0. The van der Waals surface area contributed by atoms with Crippen LogP contribution in [0.25, 0.3) is 10.8 Å². The third-order valence-electron chi connectivity index (χ3n) is 1.67. The van der Waals surface area contributed by atoms with Gasteiger partial charge in [0.15, 0.2) is 0 Å². The van der Waals surface area contributed by atoms with Crippen LogP contribution in [0.15, 0.2) is 20.4 Å². The van der Waals surface area contributed by atoms with Crippen LogP contribution in [-0.2, 0) is 4.74 Å². The van der Waals surface area contributed by atoms with Gasteiger partial charge in [0.05, 0.1) is 15.3 Å². The molecule has 0 saturated heterocycles. The molecular weight excluding hydrogens is 296 g/mol. The number of ether oxygens (including phenoxy) is 1. The van der Waals surface area contributed by atoms with Crippen molar-refractivity contribution in [3.63, 3.8) is 0 Å². The Morgan fingerprint density at radius 2 is 2.44 bits per heavy atom. The lowest BCUT2D eigenvalue weighted by Gasteiger charge is -1.93. The number of carbonyl (C=O) groups excluding carboxylic acids is 1. The van der Waals surface area contributed by atoms with E-state index in [9.17, 15) is 4.79 Å². The molecule has 0 unspecified atom stereocenters. The zero-order valence-electron chi connectivity index (χ0n) is 8.27. The minimum absolute atomic E-state index is 0.0543. The number of hydrogen-bond donors (Lipinski definition) is 0. The average molecular weight is 303 g/mol. The monoisotopic (exact) mass is 302 g/mol. The first-order valence-electron chi connectivity index (χ1n) is 4.47. The Morgan fingerprint density at radius 1 is 1.62 bits per heavy atom. The molecule has 2 aromatic heterocycles. The van der Waals surface area contributed by atoms with Crippen LogP contribution < -0.4 is 0 Å². The molecule has 0 amide bonds. The van der Waals surface area contributed by atoms with Gasteiger partial charge in [-0.1, -0.05) is 0 Å². The van der Waals surface area contributed by atoms with Gasteiger partial charge in [-0.15, -0.1) is 11.3 Å². The molecule has 0 bridgehead atoms. The van der Waals surface area contributed by atoms with E-state index in [4.69, 9.17) is 9.26 Å². The number of hydrogen-bond acceptors (Lipinski definition) is 6. The molecule has 0 saturated carbocycles. The lowest BCUT2D eigenvalue weighted by molar-refractivity contribution is 0.0508. The van der Waals surface area contributed by atoms with Gasteiger partial charge >= 0.3 is 5.97 Å². The van der Waals surface area contributed by atoms with Gasteiger partial charge in [0, 0.05) is 0 Å². The van der Waals surface area contributed by atoms with Gasteiger partial charge in [0.25, 0.3) is 11.7 Å². The van der Waals surface area contributed by atoms with Crippen molar-refractivity contribution in [2.45, 2.75) is 6.92 Å². The SMILES string of the molecule is CCOC(=O)c1noc(-c2ccc(Br)s2)n1. The highest BCUT2D eigenvalue weighted by Gasteiger charge is 2.17. The molecule has 0 aliphatic heterocycles. The number of rotatable bonds is 3. The number of halogens is 1. The van der Waals surface area contributed by atoms with E-state index in [2.05, 4.69) is 26.1 Å². The molecule has 2 heterocycles. The molecule has 2 aromatic rings. The average Bonchev–Trinajstić information content (AvgIpc) is 2.85.